The van der Waals surface area contributed by atoms with Crippen molar-refractivity contribution >= 4 is 15.9 Å². The molecule has 1 spiro atoms. The topological polar surface area (TPSA) is 73.8 Å². The summed E-state index contributed by atoms with van der Waals surface area (Å²) in [6.07, 6.45) is 8.88. The molecule has 1 saturated heterocycles. The van der Waals surface area contributed by atoms with Gasteiger partial charge in [-0.25, -0.2) is 8.42 Å². The van der Waals surface area contributed by atoms with Crippen molar-refractivity contribution in [1.82, 2.24) is 14.9 Å². The van der Waals surface area contributed by atoms with Gasteiger partial charge in [0.15, 0.2) is 0 Å². The number of nitrogens with one attached hydrogen (secondary N) is 2. The first-order valence-corrected chi connectivity index (χ1v) is 12.2. The van der Waals surface area contributed by atoms with Crippen LogP contribution < -0.4 is 10.6 Å². The lowest BCUT2D eigenvalue weighted by Gasteiger charge is -2.43. The Kier molecular flexibility index (Phi) is 6.04. The normalized spacial score (nSPS) is 24.5. The van der Waals surface area contributed by atoms with Gasteiger partial charge in [0.1, 0.15) is 5.84 Å². The highest BCUT2D eigenvalue weighted by Crippen LogP contribution is 2.29. The summed E-state index contributed by atoms with van der Waals surface area (Å²) >= 11 is 0. The van der Waals surface area contributed by atoms with Crippen LogP contribution in [0.5, 0.6) is 0 Å². The fourth-order valence-electron chi connectivity index (χ4n) is 4.72. The number of hydrogen-bond donors (Lipinski definition) is 2. The van der Waals surface area contributed by atoms with Gasteiger partial charge in [-0.15, -0.1) is 0 Å². The summed E-state index contributed by atoms with van der Waals surface area (Å²) in [5.41, 5.74) is -0.212. The van der Waals surface area contributed by atoms with E-state index in [0.717, 1.165) is 38.2 Å². The first kappa shape index (κ1) is 19.9. The maximum Gasteiger partial charge on any atom is 0.243 e. The molecule has 2 fully saturated rings. The van der Waals surface area contributed by atoms with E-state index in [9.17, 15) is 8.42 Å². The van der Waals surface area contributed by atoms with Crippen molar-refractivity contribution in [1.29, 1.82) is 0 Å². The van der Waals surface area contributed by atoms with Crippen LogP contribution in [0.3, 0.4) is 0 Å². The van der Waals surface area contributed by atoms with Crippen LogP contribution >= 0.6 is 0 Å². The molecule has 0 bridgehead atoms. The molecule has 0 radical (unpaired) electrons. The zero-order valence-electron chi connectivity index (χ0n) is 16.6. The highest BCUT2D eigenvalue weighted by molar-refractivity contribution is 7.89. The van der Waals surface area contributed by atoms with Gasteiger partial charge in [-0.2, -0.15) is 4.31 Å². The lowest BCUT2D eigenvalue weighted by Crippen LogP contribution is -2.63. The molecule has 0 unspecified atom stereocenters. The highest BCUT2D eigenvalue weighted by atomic mass is 32.2. The number of amidine groups is 1. The van der Waals surface area contributed by atoms with Crippen molar-refractivity contribution in [3.8, 4) is 0 Å². The molecule has 2 aliphatic heterocycles. The number of hydrogen-bond acceptors (Lipinski definition) is 5. The third kappa shape index (κ3) is 4.11. The molecule has 1 aliphatic carbocycles. The number of nitrogens with zero attached hydrogens (tertiary/aromatic N) is 2. The number of aliphatic imine (C=N–C) groups is 1. The zero-order valence-corrected chi connectivity index (χ0v) is 17.4. The van der Waals surface area contributed by atoms with Gasteiger partial charge >= 0.3 is 0 Å². The minimum Gasteiger partial charge on any atom is -0.370 e. The average molecular weight is 405 g/mol. The van der Waals surface area contributed by atoms with Crippen LogP contribution in [0, 0.1) is 0 Å². The molecule has 0 aromatic heterocycles. The summed E-state index contributed by atoms with van der Waals surface area (Å²) in [5, 5.41) is 7.50. The van der Waals surface area contributed by atoms with E-state index < -0.39 is 10.0 Å². The van der Waals surface area contributed by atoms with E-state index in [0.29, 0.717) is 24.0 Å². The Morgan fingerprint density at radius 2 is 1.75 bits per heavy atom. The maximum atomic E-state index is 13.0. The first-order chi connectivity index (χ1) is 13.6. The summed E-state index contributed by atoms with van der Waals surface area (Å²) in [6, 6.07) is 9.28. The number of rotatable bonds is 3. The van der Waals surface area contributed by atoms with Crippen LogP contribution in [0.1, 0.15) is 51.4 Å². The molecule has 7 heteroatoms. The van der Waals surface area contributed by atoms with Crippen LogP contribution in [-0.2, 0) is 10.0 Å². The molecule has 1 aromatic carbocycles. The van der Waals surface area contributed by atoms with Crippen LogP contribution in [0.4, 0.5) is 0 Å². The first-order valence-electron chi connectivity index (χ1n) is 10.7. The van der Waals surface area contributed by atoms with E-state index >= 15 is 0 Å². The predicted octanol–water partition coefficient (Wildman–Crippen LogP) is 2.52. The Bertz CT molecular complexity index is 780. The number of piperidine rings is 1. The molecule has 6 nitrogen and oxygen atoms in total. The molecule has 0 amide bonds. The van der Waals surface area contributed by atoms with Crippen molar-refractivity contribution in [3.05, 3.63) is 30.3 Å². The fraction of sp³-hybridized carbons (Fsp3) is 0.667. The quantitative estimate of drug-likeness (QED) is 0.812. The molecule has 1 saturated carbocycles. The summed E-state index contributed by atoms with van der Waals surface area (Å²) < 4.78 is 27.6. The van der Waals surface area contributed by atoms with Gasteiger partial charge in [0, 0.05) is 25.7 Å². The van der Waals surface area contributed by atoms with Gasteiger partial charge in [0.2, 0.25) is 10.0 Å². The SMILES string of the molecule is O=S(=O)(c1ccccc1)N1CCC2(CC1)NCCCN=C2NC1CCCCC1. The molecule has 2 heterocycles. The van der Waals surface area contributed by atoms with Gasteiger partial charge in [0.05, 0.1) is 10.4 Å². The van der Waals surface area contributed by atoms with E-state index in [4.69, 9.17) is 4.99 Å². The van der Waals surface area contributed by atoms with Gasteiger partial charge in [-0.05, 0) is 50.8 Å². The third-order valence-corrected chi connectivity index (χ3v) is 8.34. The molecule has 3 aliphatic rings. The second kappa shape index (κ2) is 8.51. The second-order valence-electron chi connectivity index (χ2n) is 8.29. The minimum atomic E-state index is -3.43. The molecule has 2 N–H and O–H groups in total. The Hall–Kier alpha value is -1.44. The molecular formula is C21H32N4O2S. The lowest BCUT2D eigenvalue weighted by molar-refractivity contribution is 0.245. The summed E-state index contributed by atoms with van der Waals surface area (Å²) in [4.78, 5) is 5.30. The van der Waals surface area contributed by atoms with E-state index in [2.05, 4.69) is 10.6 Å². The Labute approximate surface area is 168 Å². The smallest absolute Gasteiger partial charge is 0.243 e. The van der Waals surface area contributed by atoms with Crippen molar-refractivity contribution in [3.63, 3.8) is 0 Å². The fourth-order valence-corrected chi connectivity index (χ4v) is 6.18. The molecular weight excluding hydrogens is 372 g/mol. The van der Waals surface area contributed by atoms with Gasteiger partial charge in [-0.1, -0.05) is 37.5 Å². The van der Waals surface area contributed by atoms with Crippen LogP contribution in [0.2, 0.25) is 0 Å². The molecule has 0 atom stereocenters. The third-order valence-electron chi connectivity index (χ3n) is 6.42. The molecule has 4 rings (SSSR count). The monoisotopic (exact) mass is 404 g/mol. The van der Waals surface area contributed by atoms with E-state index in [1.807, 2.05) is 6.07 Å². The largest absolute Gasteiger partial charge is 0.370 e. The van der Waals surface area contributed by atoms with E-state index in [1.54, 1.807) is 28.6 Å². The molecule has 154 valence electrons. The van der Waals surface area contributed by atoms with Crippen LogP contribution in [-0.4, -0.2) is 56.3 Å². The number of benzene rings is 1. The highest BCUT2D eigenvalue weighted by Gasteiger charge is 2.43. The second-order valence-corrected chi connectivity index (χ2v) is 10.2. The lowest BCUT2D eigenvalue weighted by atomic mass is 9.85. The predicted molar refractivity (Wildman–Crippen MR) is 112 cm³/mol. The zero-order chi connectivity index (χ0) is 19.5. The van der Waals surface area contributed by atoms with Gasteiger partial charge in [0.25, 0.3) is 0 Å². The Morgan fingerprint density at radius 1 is 1.04 bits per heavy atom. The molecule has 1 aromatic rings. The van der Waals surface area contributed by atoms with Gasteiger partial charge in [-0.3, -0.25) is 4.99 Å². The average Bonchev–Trinajstić information content (AvgIpc) is 2.92. The maximum absolute atomic E-state index is 13.0. The van der Waals surface area contributed by atoms with Crippen LogP contribution in [0.15, 0.2) is 40.2 Å². The van der Waals surface area contributed by atoms with Crippen molar-refractivity contribution in [2.24, 2.45) is 4.99 Å². The number of sulfonamides is 1. The van der Waals surface area contributed by atoms with E-state index in [1.165, 1.54) is 32.1 Å². The van der Waals surface area contributed by atoms with Crippen LogP contribution in [0.25, 0.3) is 0 Å². The summed E-state index contributed by atoms with van der Waals surface area (Å²) in [5.74, 6) is 1.08. The Morgan fingerprint density at radius 3 is 2.46 bits per heavy atom. The summed E-state index contributed by atoms with van der Waals surface area (Å²) in [6.45, 7) is 2.83. The van der Waals surface area contributed by atoms with E-state index in [-0.39, 0.29) is 5.54 Å². The van der Waals surface area contributed by atoms with Crippen molar-refractivity contribution < 1.29 is 8.42 Å². The Balaban J connectivity index is 1.48. The van der Waals surface area contributed by atoms with Crippen molar-refractivity contribution in [2.45, 2.75) is 67.8 Å². The standard InChI is InChI=1S/C21H32N4O2S/c26-28(27,19-10-5-2-6-11-19)25-16-12-21(13-17-25)20(22-14-7-15-23-21)24-18-8-3-1-4-9-18/h2,5-6,10-11,18,23H,1,3-4,7-9,12-17H2,(H,22,24). The minimum absolute atomic E-state index is 0.212. The van der Waals surface area contributed by atoms with Gasteiger partial charge < -0.3 is 10.6 Å². The van der Waals surface area contributed by atoms with Crippen molar-refractivity contribution in [2.75, 3.05) is 26.2 Å². The molecule has 28 heavy (non-hydrogen) atoms. The summed E-state index contributed by atoms with van der Waals surface area (Å²) in [7, 11) is -3.43.